The first-order valence-corrected chi connectivity index (χ1v) is 3.60. The van der Waals surface area contributed by atoms with Gasteiger partial charge in [0.25, 0.3) is 0 Å². The normalized spacial score (nSPS) is 11.6. The first-order valence-electron chi connectivity index (χ1n) is 4.05. The van der Waals surface area contributed by atoms with Crippen LogP contribution in [0, 0.1) is 0 Å². The Morgan fingerprint density at radius 1 is 1.40 bits per heavy atom. The van der Waals surface area contributed by atoms with Crippen molar-refractivity contribution >= 4 is 0 Å². The van der Waals surface area contributed by atoms with Gasteiger partial charge in [0.05, 0.1) is 0 Å². The second-order valence-electron chi connectivity index (χ2n) is 2.18. The van der Waals surface area contributed by atoms with Crippen LogP contribution in [0.5, 0.6) is 0 Å². The van der Waals surface area contributed by atoms with Gasteiger partial charge in [-0.2, -0.15) is 0 Å². The summed E-state index contributed by atoms with van der Waals surface area (Å²) >= 11 is 0. The molecule has 0 saturated heterocycles. The number of benzene rings is 1. The van der Waals surface area contributed by atoms with Crippen LogP contribution >= 0.6 is 0 Å². The summed E-state index contributed by atoms with van der Waals surface area (Å²) in [5.41, 5.74) is 1.20. The van der Waals surface area contributed by atoms with E-state index in [4.69, 9.17) is 1.41 Å². The predicted molar refractivity (Wildman–Crippen MR) is 43.8 cm³/mol. The minimum Gasteiger partial charge on any atom is -0.313 e. The molecular formula is C9H13N. The molecule has 0 aliphatic heterocycles. The molecule has 1 heteroatoms. The standard InChI is InChI=1S/C9H13N/c1-2-10-8-9-6-4-3-5-7-9/h3-7,10H,2,8H2,1H3/i/hD. The van der Waals surface area contributed by atoms with Gasteiger partial charge in [-0.05, 0) is 12.1 Å². The zero-order valence-electron chi connectivity index (χ0n) is 7.25. The molecule has 0 aromatic heterocycles. The summed E-state index contributed by atoms with van der Waals surface area (Å²) in [7, 11) is 0. The van der Waals surface area contributed by atoms with Gasteiger partial charge >= 0.3 is 0 Å². The van der Waals surface area contributed by atoms with Crippen molar-refractivity contribution in [1.29, 1.82) is 0 Å². The van der Waals surface area contributed by atoms with Crippen LogP contribution in [0.25, 0.3) is 0 Å². The molecule has 0 aliphatic carbocycles. The van der Waals surface area contributed by atoms with E-state index in [1.165, 1.54) is 10.9 Å². The monoisotopic (exact) mass is 136 g/mol. The van der Waals surface area contributed by atoms with Crippen molar-refractivity contribution in [1.82, 2.24) is 5.31 Å². The predicted octanol–water partition coefficient (Wildman–Crippen LogP) is 1.80. The van der Waals surface area contributed by atoms with E-state index in [9.17, 15) is 0 Å². The quantitative estimate of drug-likeness (QED) is 0.668. The maximum Gasteiger partial charge on any atom is 0.123 e. The highest BCUT2D eigenvalue weighted by Gasteiger charge is 1.85. The third-order valence-electron chi connectivity index (χ3n) is 1.36. The van der Waals surface area contributed by atoms with Crippen LogP contribution < -0.4 is 5.31 Å². The molecule has 54 valence electrons. The van der Waals surface area contributed by atoms with Crippen LogP contribution in [-0.4, -0.2) is 6.54 Å². The van der Waals surface area contributed by atoms with Crippen LogP contribution in [0.3, 0.4) is 0 Å². The maximum absolute atomic E-state index is 7.39. The van der Waals surface area contributed by atoms with E-state index >= 15 is 0 Å². The zero-order valence-corrected chi connectivity index (χ0v) is 6.25. The van der Waals surface area contributed by atoms with Gasteiger partial charge in [-0.15, -0.1) is 0 Å². The van der Waals surface area contributed by atoms with E-state index in [1.54, 1.807) is 0 Å². The second-order valence-corrected chi connectivity index (χ2v) is 2.18. The minimum atomic E-state index is 0.720. The number of hydrogen-bond acceptors (Lipinski definition) is 1. The Morgan fingerprint density at radius 2 is 2.10 bits per heavy atom. The lowest BCUT2D eigenvalue weighted by Crippen LogP contribution is -2.11. The van der Waals surface area contributed by atoms with Crippen molar-refractivity contribution in [2.24, 2.45) is 0 Å². The van der Waals surface area contributed by atoms with Gasteiger partial charge in [0.2, 0.25) is 0 Å². The van der Waals surface area contributed by atoms with Crippen LogP contribution in [0.4, 0.5) is 0 Å². The summed E-state index contributed by atoms with van der Waals surface area (Å²) < 4.78 is 7.39. The average Bonchev–Trinajstić information content (AvgIpc) is 2.06. The summed E-state index contributed by atoms with van der Waals surface area (Å²) in [4.78, 5) is 0. The van der Waals surface area contributed by atoms with E-state index < -0.39 is 0 Å². The molecule has 0 saturated carbocycles. The van der Waals surface area contributed by atoms with Gasteiger partial charge < -0.3 is 5.31 Å². The van der Waals surface area contributed by atoms with Crippen molar-refractivity contribution in [3.8, 4) is 0 Å². The van der Waals surface area contributed by atoms with Crippen molar-refractivity contribution in [2.75, 3.05) is 6.54 Å². The topological polar surface area (TPSA) is 12.0 Å². The van der Waals surface area contributed by atoms with Gasteiger partial charge in [-0.3, -0.25) is 0 Å². The molecule has 0 atom stereocenters. The molecule has 0 spiro atoms. The third kappa shape index (κ3) is 2.19. The third-order valence-corrected chi connectivity index (χ3v) is 1.36. The highest BCUT2D eigenvalue weighted by Crippen LogP contribution is 1.96. The lowest BCUT2D eigenvalue weighted by molar-refractivity contribution is 0.727. The lowest BCUT2D eigenvalue weighted by Gasteiger charge is -1.99. The van der Waals surface area contributed by atoms with Crippen molar-refractivity contribution in [2.45, 2.75) is 13.5 Å². The molecule has 0 aliphatic rings. The van der Waals surface area contributed by atoms with Crippen molar-refractivity contribution < 1.29 is 1.41 Å². The summed E-state index contributed by atoms with van der Waals surface area (Å²) in [6.45, 7) is 3.47. The molecular weight excluding hydrogens is 122 g/mol. The Bertz CT molecular complexity index is 198. The molecule has 0 bridgehead atoms. The Morgan fingerprint density at radius 3 is 2.70 bits per heavy atom. The lowest BCUT2D eigenvalue weighted by atomic mass is 10.2. The van der Waals surface area contributed by atoms with E-state index in [-0.39, 0.29) is 0 Å². The molecule has 0 heterocycles. The highest BCUT2D eigenvalue weighted by molar-refractivity contribution is 5.14. The van der Waals surface area contributed by atoms with Gasteiger partial charge in [0, 0.05) is 6.54 Å². The first-order chi connectivity index (χ1) is 5.33. The van der Waals surface area contributed by atoms with E-state index in [0.717, 1.165) is 13.1 Å². The number of hydrogen-bond donors (Lipinski definition) is 1. The van der Waals surface area contributed by atoms with Gasteiger partial charge in [-0.1, -0.05) is 37.3 Å². The van der Waals surface area contributed by atoms with E-state index in [0.29, 0.717) is 0 Å². The molecule has 1 nitrogen and oxygen atoms in total. The molecule has 0 amide bonds. The fourth-order valence-electron chi connectivity index (χ4n) is 0.824. The summed E-state index contributed by atoms with van der Waals surface area (Å²) in [6, 6.07) is 10.1. The van der Waals surface area contributed by atoms with Crippen LogP contribution in [0.1, 0.15) is 12.5 Å². The smallest absolute Gasteiger partial charge is 0.123 e. The summed E-state index contributed by atoms with van der Waals surface area (Å²) in [5.74, 6) is 0. The first kappa shape index (κ1) is 5.93. The van der Waals surface area contributed by atoms with E-state index in [1.807, 2.05) is 37.3 Å². The maximum atomic E-state index is 7.39. The summed E-state index contributed by atoms with van der Waals surface area (Å²) in [5, 5.41) is 1.54. The Labute approximate surface area is 63.5 Å². The van der Waals surface area contributed by atoms with Gasteiger partial charge in [0.1, 0.15) is 1.41 Å². The largest absolute Gasteiger partial charge is 0.313 e. The molecule has 10 heavy (non-hydrogen) atoms. The second kappa shape index (κ2) is 4.07. The number of rotatable bonds is 3. The molecule has 0 radical (unpaired) electrons. The van der Waals surface area contributed by atoms with Crippen LogP contribution in [0.15, 0.2) is 30.3 Å². The fraction of sp³-hybridized carbons (Fsp3) is 0.333. The Hall–Kier alpha value is -0.820. The SMILES string of the molecule is [2H]N(CC)Cc1ccccc1. The molecule has 0 fully saturated rings. The highest BCUT2D eigenvalue weighted by atomic mass is 14.8. The average molecular weight is 136 g/mol. The minimum absolute atomic E-state index is 0.720. The zero-order chi connectivity index (χ0) is 8.10. The molecule has 1 aromatic rings. The molecule has 1 aromatic carbocycles. The van der Waals surface area contributed by atoms with Crippen LogP contribution in [0.2, 0.25) is 1.41 Å². The van der Waals surface area contributed by atoms with E-state index in [2.05, 4.69) is 0 Å². The van der Waals surface area contributed by atoms with Gasteiger partial charge in [-0.25, -0.2) is 0 Å². The van der Waals surface area contributed by atoms with Crippen LogP contribution in [-0.2, 0) is 6.54 Å². The fourth-order valence-corrected chi connectivity index (χ4v) is 0.824. The Kier molecular flexibility index (Phi) is 2.41. The Balaban J connectivity index is 2.51. The molecule has 0 unspecified atom stereocenters. The van der Waals surface area contributed by atoms with Crippen molar-refractivity contribution in [3.63, 3.8) is 0 Å². The summed E-state index contributed by atoms with van der Waals surface area (Å²) in [6.07, 6.45) is 0. The number of nitrogens with one attached hydrogen (secondary N) is 1. The molecule has 1 N–H and O–H groups in total. The molecule has 1 rings (SSSR count). The van der Waals surface area contributed by atoms with Gasteiger partial charge in [0.15, 0.2) is 0 Å². The van der Waals surface area contributed by atoms with Crippen molar-refractivity contribution in [3.05, 3.63) is 35.9 Å².